The molecule has 2 bridgehead atoms. The molecule has 1 aromatic rings. The van der Waals surface area contributed by atoms with Gasteiger partial charge in [-0.2, -0.15) is 0 Å². The maximum Gasteiger partial charge on any atom is 0.166 e. The highest BCUT2D eigenvalue weighted by molar-refractivity contribution is 5.63. The van der Waals surface area contributed by atoms with E-state index in [9.17, 15) is 14.6 Å². The first-order valence-electron chi connectivity index (χ1n) is 9.86. The Morgan fingerprint density at radius 2 is 2.15 bits per heavy atom. The van der Waals surface area contributed by atoms with Crippen LogP contribution in [0.4, 0.5) is 4.39 Å². The molecular weight excluding hydrogens is 333 g/mol. The van der Waals surface area contributed by atoms with Gasteiger partial charge >= 0.3 is 0 Å². The highest BCUT2D eigenvalue weighted by atomic mass is 19.1. The molecule has 26 heavy (non-hydrogen) atoms. The van der Waals surface area contributed by atoms with E-state index in [0.29, 0.717) is 30.5 Å². The number of piperidine rings is 1. The predicted octanol–water partition coefficient (Wildman–Crippen LogP) is 2.81. The van der Waals surface area contributed by atoms with Gasteiger partial charge < -0.3 is 14.9 Å². The average Bonchev–Trinajstić information content (AvgIpc) is 3.37. The van der Waals surface area contributed by atoms with E-state index in [-0.39, 0.29) is 11.8 Å². The molecule has 2 N–H and O–H groups in total. The van der Waals surface area contributed by atoms with Crippen molar-refractivity contribution in [3.8, 4) is 11.5 Å². The van der Waals surface area contributed by atoms with Crippen molar-refractivity contribution in [1.82, 2.24) is 4.90 Å². The van der Waals surface area contributed by atoms with E-state index in [1.165, 1.54) is 12.8 Å². The maximum absolute atomic E-state index is 13.7. The lowest BCUT2D eigenvalue weighted by atomic mass is 9.48. The first-order valence-corrected chi connectivity index (χ1v) is 9.86. The second kappa shape index (κ2) is 4.82. The number of likely N-dealkylation sites (tertiary alicyclic amines) is 1. The van der Waals surface area contributed by atoms with E-state index in [1.807, 2.05) is 6.07 Å². The highest BCUT2D eigenvalue weighted by Gasteiger charge is 2.72. The molecule has 6 rings (SSSR count). The number of halogens is 1. The standard InChI is InChI=1S/C21H24FNO3/c22-10-14-5-6-21(25)16-9-13-3-4-15(24)18-17(13)20(21,19(14)26-18)7-8-23(16)11-12-1-2-12/h3-4,10,12,16,19,24-25H,1-2,5-9,11H2/b14-10+/t16-,19+,20+,21-/m1/s1. The molecule has 138 valence electrons. The summed E-state index contributed by atoms with van der Waals surface area (Å²) in [4.78, 5) is 2.48. The number of aromatic hydroxyl groups is 1. The van der Waals surface area contributed by atoms with Crippen molar-refractivity contribution in [3.05, 3.63) is 35.2 Å². The van der Waals surface area contributed by atoms with Crippen molar-refractivity contribution in [2.24, 2.45) is 5.92 Å². The smallest absolute Gasteiger partial charge is 0.166 e. The molecule has 0 amide bonds. The number of phenols is 1. The predicted molar refractivity (Wildman–Crippen MR) is 94.0 cm³/mol. The quantitative estimate of drug-likeness (QED) is 0.855. The lowest BCUT2D eigenvalue weighted by Gasteiger charge is -2.63. The fraction of sp³-hybridized carbons (Fsp3) is 0.619. The normalized spacial score (nSPS) is 41.8. The van der Waals surface area contributed by atoms with Gasteiger partial charge in [-0.05, 0) is 68.2 Å². The van der Waals surface area contributed by atoms with Crippen molar-refractivity contribution >= 4 is 0 Å². The second-order valence-electron chi connectivity index (χ2n) is 8.93. The summed E-state index contributed by atoms with van der Waals surface area (Å²) in [5, 5.41) is 22.5. The summed E-state index contributed by atoms with van der Waals surface area (Å²) in [5.41, 5.74) is 1.16. The number of nitrogens with zero attached hydrogens (tertiary/aromatic N) is 1. The van der Waals surface area contributed by atoms with E-state index in [0.717, 1.165) is 43.0 Å². The van der Waals surface area contributed by atoms with Gasteiger partial charge in [0.15, 0.2) is 11.5 Å². The SMILES string of the molecule is Oc1ccc2c3c1O[C@H]1/C(=C/F)CC[C@@]4(O)[C@@H](C2)N(CC2CC2)CC[C@]314. The fourth-order valence-electron chi connectivity index (χ4n) is 6.45. The largest absolute Gasteiger partial charge is 0.504 e. The molecule has 2 aliphatic heterocycles. The lowest BCUT2D eigenvalue weighted by Crippen LogP contribution is -2.75. The molecule has 5 heteroatoms. The van der Waals surface area contributed by atoms with Crippen molar-refractivity contribution < 1.29 is 19.3 Å². The van der Waals surface area contributed by atoms with Crippen molar-refractivity contribution in [1.29, 1.82) is 0 Å². The topological polar surface area (TPSA) is 52.9 Å². The van der Waals surface area contributed by atoms with Crippen molar-refractivity contribution in [2.75, 3.05) is 13.1 Å². The maximum atomic E-state index is 13.7. The molecule has 3 fully saturated rings. The number of benzene rings is 1. The van der Waals surface area contributed by atoms with Crippen LogP contribution in [0.25, 0.3) is 0 Å². The summed E-state index contributed by atoms with van der Waals surface area (Å²) in [5.74, 6) is 1.35. The van der Waals surface area contributed by atoms with Gasteiger partial charge in [-0.1, -0.05) is 6.07 Å². The van der Waals surface area contributed by atoms with Gasteiger partial charge in [0.25, 0.3) is 0 Å². The molecule has 5 aliphatic rings. The van der Waals surface area contributed by atoms with Crippen molar-refractivity contribution in [2.45, 2.75) is 61.7 Å². The van der Waals surface area contributed by atoms with Crippen LogP contribution in [0, 0.1) is 5.92 Å². The molecule has 3 aliphatic carbocycles. The zero-order chi connectivity index (χ0) is 17.7. The first kappa shape index (κ1) is 15.5. The highest BCUT2D eigenvalue weighted by Crippen LogP contribution is 2.66. The zero-order valence-corrected chi connectivity index (χ0v) is 14.7. The Balaban J connectivity index is 1.58. The van der Waals surface area contributed by atoms with Gasteiger partial charge in [0.2, 0.25) is 0 Å². The van der Waals surface area contributed by atoms with Gasteiger partial charge in [0.1, 0.15) is 6.10 Å². The minimum atomic E-state index is -0.927. The van der Waals surface area contributed by atoms with Crippen LogP contribution in [0.2, 0.25) is 0 Å². The van der Waals surface area contributed by atoms with Crippen LogP contribution in [0.5, 0.6) is 11.5 Å². The Hall–Kier alpha value is -1.59. The number of hydrogen-bond acceptors (Lipinski definition) is 4. The van der Waals surface area contributed by atoms with Crippen LogP contribution in [-0.4, -0.2) is 45.9 Å². The second-order valence-corrected chi connectivity index (χ2v) is 8.93. The molecule has 2 saturated carbocycles. The van der Waals surface area contributed by atoms with Crippen LogP contribution in [-0.2, 0) is 11.8 Å². The van der Waals surface area contributed by atoms with E-state index < -0.39 is 17.1 Å². The molecule has 4 atom stereocenters. The fourth-order valence-corrected chi connectivity index (χ4v) is 6.45. The Bertz CT molecular complexity index is 835. The van der Waals surface area contributed by atoms with Gasteiger partial charge in [-0.3, -0.25) is 4.90 Å². The molecule has 0 aromatic heterocycles. The number of aliphatic hydroxyl groups is 1. The molecule has 1 aromatic carbocycles. The van der Waals surface area contributed by atoms with Crippen LogP contribution in [0.15, 0.2) is 24.0 Å². The Morgan fingerprint density at radius 3 is 2.92 bits per heavy atom. The van der Waals surface area contributed by atoms with Gasteiger partial charge in [-0.15, -0.1) is 0 Å². The first-order chi connectivity index (χ1) is 12.6. The Morgan fingerprint density at radius 1 is 1.31 bits per heavy atom. The van der Waals surface area contributed by atoms with Crippen LogP contribution in [0.1, 0.15) is 43.2 Å². The molecule has 0 radical (unpaired) electrons. The molecule has 1 spiro atoms. The van der Waals surface area contributed by atoms with Gasteiger partial charge in [0.05, 0.1) is 17.3 Å². The number of hydrogen-bond donors (Lipinski definition) is 2. The zero-order valence-electron chi connectivity index (χ0n) is 14.7. The third-order valence-electron chi connectivity index (χ3n) is 7.79. The third kappa shape index (κ3) is 1.63. The summed E-state index contributed by atoms with van der Waals surface area (Å²) >= 11 is 0. The monoisotopic (exact) mass is 357 g/mol. The van der Waals surface area contributed by atoms with E-state index in [4.69, 9.17) is 4.74 Å². The molecular formula is C21H24FNO3. The minimum Gasteiger partial charge on any atom is -0.504 e. The number of rotatable bonds is 2. The van der Waals surface area contributed by atoms with Crippen LogP contribution in [0.3, 0.4) is 0 Å². The average molecular weight is 357 g/mol. The molecule has 4 nitrogen and oxygen atoms in total. The summed E-state index contributed by atoms with van der Waals surface area (Å²) in [6.07, 6.45) is 5.35. The summed E-state index contributed by atoms with van der Waals surface area (Å²) < 4.78 is 19.9. The number of ether oxygens (including phenoxy) is 1. The van der Waals surface area contributed by atoms with E-state index in [1.54, 1.807) is 6.07 Å². The van der Waals surface area contributed by atoms with Crippen molar-refractivity contribution in [3.63, 3.8) is 0 Å². The van der Waals surface area contributed by atoms with E-state index >= 15 is 0 Å². The molecule has 1 saturated heterocycles. The van der Waals surface area contributed by atoms with E-state index in [2.05, 4.69) is 4.90 Å². The summed E-state index contributed by atoms with van der Waals surface area (Å²) in [6.45, 7) is 1.96. The third-order valence-corrected chi connectivity index (χ3v) is 7.79. The molecule has 0 unspecified atom stereocenters. The number of phenolic OH excluding ortho intramolecular Hbond substituents is 1. The summed E-state index contributed by atoms with van der Waals surface area (Å²) in [6, 6.07) is 3.71. The van der Waals surface area contributed by atoms with Gasteiger partial charge in [-0.25, -0.2) is 4.39 Å². The Kier molecular flexibility index (Phi) is 2.86. The Labute approximate surface area is 152 Å². The van der Waals surface area contributed by atoms with Gasteiger partial charge in [0, 0.05) is 18.2 Å². The minimum absolute atomic E-state index is 0.0482. The molecule has 2 heterocycles. The van der Waals surface area contributed by atoms with Crippen LogP contribution >= 0.6 is 0 Å². The lowest BCUT2D eigenvalue weighted by molar-refractivity contribution is -0.174. The summed E-state index contributed by atoms with van der Waals surface area (Å²) in [7, 11) is 0. The van der Waals surface area contributed by atoms with Crippen LogP contribution < -0.4 is 4.74 Å².